The first-order valence-corrected chi connectivity index (χ1v) is 12.2. The fourth-order valence-electron chi connectivity index (χ4n) is 4.64. The Hall–Kier alpha value is -2.32. The molecule has 3 rings (SSSR count). The average Bonchev–Trinajstić information content (AvgIpc) is 3.21. The van der Waals surface area contributed by atoms with E-state index in [2.05, 4.69) is 16.0 Å². The molecule has 1 aromatic carbocycles. The molecular formula is C24H34ClN3O5. The van der Waals surface area contributed by atoms with Gasteiger partial charge >= 0.3 is 6.09 Å². The third kappa shape index (κ3) is 8.19. The van der Waals surface area contributed by atoms with E-state index in [1.807, 2.05) is 0 Å². The molecule has 0 bridgehead atoms. The zero-order chi connectivity index (χ0) is 23.6. The number of carbonyl (C=O) groups excluding carboxylic acids is 3. The second-order valence-corrected chi connectivity index (χ2v) is 9.48. The molecule has 8 nitrogen and oxygen atoms in total. The first-order valence-electron chi connectivity index (χ1n) is 11.8. The summed E-state index contributed by atoms with van der Waals surface area (Å²) < 4.78 is 5.31. The largest absolute Gasteiger partial charge is 0.445 e. The van der Waals surface area contributed by atoms with Gasteiger partial charge in [-0.15, -0.1) is 0 Å². The number of aliphatic hydroxyl groups excluding tert-OH is 1. The summed E-state index contributed by atoms with van der Waals surface area (Å²) in [6.07, 6.45) is 6.36. The van der Waals surface area contributed by atoms with E-state index >= 15 is 0 Å². The zero-order valence-electron chi connectivity index (χ0n) is 18.9. The molecule has 1 saturated carbocycles. The van der Waals surface area contributed by atoms with Gasteiger partial charge < -0.3 is 25.8 Å². The zero-order valence-corrected chi connectivity index (χ0v) is 19.6. The summed E-state index contributed by atoms with van der Waals surface area (Å²) in [6, 6.07) is 5.71. The van der Waals surface area contributed by atoms with Crippen molar-refractivity contribution in [2.75, 3.05) is 13.2 Å². The van der Waals surface area contributed by atoms with Gasteiger partial charge in [0.25, 0.3) is 0 Å². The number of aliphatic hydroxyl groups is 1. The molecule has 182 valence electrons. The summed E-state index contributed by atoms with van der Waals surface area (Å²) in [6.45, 7) is 0.380. The van der Waals surface area contributed by atoms with Gasteiger partial charge in [0.15, 0.2) is 0 Å². The van der Waals surface area contributed by atoms with Crippen molar-refractivity contribution in [3.8, 4) is 0 Å². The summed E-state index contributed by atoms with van der Waals surface area (Å²) in [5.41, 5.74) is 0.751. The average molecular weight is 480 g/mol. The number of rotatable bonds is 10. The Labute approximate surface area is 199 Å². The molecule has 4 N–H and O–H groups in total. The number of alkyl carbamates (subject to hydrolysis) is 1. The highest BCUT2D eigenvalue weighted by Gasteiger charge is 2.31. The number of benzene rings is 1. The minimum absolute atomic E-state index is 0.0419. The van der Waals surface area contributed by atoms with Crippen LogP contribution < -0.4 is 16.0 Å². The van der Waals surface area contributed by atoms with Gasteiger partial charge in [0.2, 0.25) is 11.8 Å². The Morgan fingerprint density at radius 1 is 1.15 bits per heavy atom. The quantitative estimate of drug-likeness (QED) is 0.411. The Morgan fingerprint density at radius 2 is 1.94 bits per heavy atom. The van der Waals surface area contributed by atoms with Gasteiger partial charge in [0.05, 0.1) is 12.6 Å². The summed E-state index contributed by atoms with van der Waals surface area (Å²) in [5, 5.41) is 18.6. The second-order valence-electron chi connectivity index (χ2n) is 9.04. The number of nitrogens with one attached hydrogen (secondary N) is 3. The predicted octanol–water partition coefficient (Wildman–Crippen LogP) is 2.91. The number of amides is 3. The van der Waals surface area contributed by atoms with Gasteiger partial charge in [0.1, 0.15) is 12.6 Å². The molecule has 3 unspecified atom stereocenters. The molecule has 33 heavy (non-hydrogen) atoms. The van der Waals surface area contributed by atoms with Crippen molar-refractivity contribution in [1.82, 2.24) is 16.0 Å². The number of ether oxygens (including phenoxy) is 1. The van der Waals surface area contributed by atoms with Crippen LogP contribution in [0.4, 0.5) is 4.79 Å². The first-order chi connectivity index (χ1) is 15.9. The van der Waals surface area contributed by atoms with Crippen molar-refractivity contribution < 1.29 is 24.2 Å². The second kappa shape index (κ2) is 12.8. The van der Waals surface area contributed by atoms with Crippen molar-refractivity contribution in [2.24, 2.45) is 11.8 Å². The number of hydrogen-bond donors (Lipinski definition) is 4. The molecule has 1 aliphatic carbocycles. The molecule has 3 amide bonds. The molecule has 3 atom stereocenters. The Balaban J connectivity index is 1.58. The predicted molar refractivity (Wildman–Crippen MR) is 125 cm³/mol. The highest BCUT2D eigenvalue weighted by molar-refractivity contribution is 6.30. The minimum Gasteiger partial charge on any atom is -0.445 e. The maximum absolute atomic E-state index is 13.1. The Morgan fingerprint density at radius 3 is 2.61 bits per heavy atom. The van der Waals surface area contributed by atoms with E-state index in [0.717, 1.165) is 31.2 Å². The summed E-state index contributed by atoms with van der Waals surface area (Å²) >= 11 is 5.97. The molecule has 1 saturated heterocycles. The summed E-state index contributed by atoms with van der Waals surface area (Å²) in [7, 11) is 0. The van der Waals surface area contributed by atoms with E-state index in [1.54, 1.807) is 24.3 Å². The lowest BCUT2D eigenvalue weighted by Crippen LogP contribution is -2.51. The van der Waals surface area contributed by atoms with Gasteiger partial charge in [-0.05, 0) is 42.9 Å². The van der Waals surface area contributed by atoms with Crippen molar-refractivity contribution >= 4 is 29.5 Å². The van der Waals surface area contributed by atoms with E-state index in [1.165, 1.54) is 6.42 Å². The van der Waals surface area contributed by atoms with Gasteiger partial charge in [0, 0.05) is 17.5 Å². The van der Waals surface area contributed by atoms with E-state index in [-0.39, 0.29) is 30.9 Å². The van der Waals surface area contributed by atoms with E-state index in [0.29, 0.717) is 36.7 Å². The van der Waals surface area contributed by atoms with Crippen molar-refractivity contribution in [1.29, 1.82) is 0 Å². The normalized spacial score (nSPS) is 20.5. The maximum Gasteiger partial charge on any atom is 0.408 e. The van der Waals surface area contributed by atoms with Crippen LogP contribution in [0.2, 0.25) is 5.02 Å². The highest BCUT2D eigenvalue weighted by atomic mass is 35.5. The monoisotopic (exact) mass is 479 g/mol. The molecule has 0 aromatic heterocycles. The van der Waals surface area contributed by atoms with Crippen LogP contribution >= 0.6 is 11.6 Å². The molecular weight excluding hydrogens is 446 g/mol. The minimum atomic E-state index is -0.772. The first kappa shape index (κ1) is 25.3. The van der Waals surface area contributed by atoms with Crippen molar-refractivity contribution in [2.45, 2.75) is 70.1 Å². The van der Waals surface area contributed by atoms with Crippen molar-refractivity contribution in [3.63, 3.8) is 0 Å². The molecule has 2 aliphatic rings. The maximum atomic E-state index is 13.1. The van der Waals surface area contributed by atoms with Crippen LogP contribution in [0.3, 0.4) is 0 Å². The Bertz CT molecular complexity index is 815. The van der Waals surface area contributed by atoms with Crippen LogP contribution in [0, 0.1) is 11.8 Å². The van der Waals surface area contributed by atoms with Crippen LogP contribution in [0.15, 0.2) is 24.3 Å². The fraction of sp³-hybridized carbons (Fsp3) is 0.625. The van der Waals surface area contributed by atoms with Crippen LogP contribution in [-0.2, 0) is 20.9 Å². The highest BCUT2D eigenvalue weighted by Crippen LogP contribution is 2.27. The topological polar surface area (TPSA) is 117 Å². The van der Waals surface area contributed by atoms with Gasteiger partial charge in [-0.3, -0.25) is 9.59 Å². The van der Waals surface area contributed by atoms with Gasteiger partial charge in [-0.2, -0.15) is 0 Å². The van der Waals surface area contributed by atoms with Crippen LogP contribution in [0.5, 0.6) is 0 Å². The van der Waals surface area contributed by atoms with Crippen LogP contribution in [-0.4, -0.2) is 48.2 Å². The van der Waals surface area contributed by atoms with E-state index in [4.69, 9.17) is 16.3 Å². The molecule has 0 spiro atoms. The van der Waals surface area contributed by atoms with Crippen LogP contribution in [0.25, 0.3) is 0 Å². The third-order valence-electron chi connectivity index (χ3n) is 6.46. The van der Waals surface area contributed by atoms with Gasteiger partial charge in [-0.1, -0.05) is 55.8 Å². The smallest absolute Gasteiger partial charge is 0.408 e. The van der Waals surface area contributed by atoms with Gasteiger partial charge in [-0.25, -0.2) is 4.79 Å². The molecule has 0 radical (unpaired) electrons. The standard InChI is InChI=1S/C24H34ClN3O5/c25-19-8-4-7-17(11-19)15-33-24(32)28-21(12-16-5-2-1-3-6-16)23(31)27-20(14-29)13-18-9-10-26-22(18)30/h4,7-8,11,16,18,20-21,29H,1-3,5-6,9-10,12-15H2,(H,26,30)(H,27,31)(H,28,32). The lowest BCUT2D eigenvalue weighted by atomic mass is 9.84. The molecule has 1 aromatic rings. The van der Waals surface area contributed by atoms with Crippen LogP contribution in [0.1, 0.15) is 56.9 Å². The lowest BCUT2D eigenvalue weighted by molar-refractivity contribution is -0.126. The van der Waals surface area contributed by atoms with E-state index < -0.39 is 18.2 Å². The third-order valence-corrected chi connectivity index (χ3v) is 6.70. The number of carbonyl (C=O) groups is 3. The molecule has 2 fully saturated rings. The summed E-state index contributed by atoms with van der Waals surface area (Å²) in [5.74, 6) is -0.298. The molecule has 1 aliphatic heterocycles. The van der Waals surface area contributed by atoms with E-state index in [9.17, 15) is 19.5 Å². The number of halogens is 1. The fourth-order valence-corrected chi connectivity index (χ4v) is 4.85. The Kier molecular flexibility index (Phi) is 9.81. The number of hydrogen-bond acceptors (Lipinski definition) is 5. The molecule has 1 heterocycles. The lowest BCUT2D eigenvalue weighted by Gasteiger charge is -2.28. The summed E-state index contributed by atoms with van der Waals surface area (Å²) in [4.78, 5) is 37.4. The SMILES string of the molecule is O=C(NC(CC1CCCCC1)C(=O)NC(CO)CC1CCNC1=O)OCc1cccc(Cl)c1. The molecule has 9 heteroatoms. The van der Waals surface area contributed by atoms with Crippen molar-refractivity contribution in [3.05, 3.63) is 34.9 Å².